The third kappa shape index (κ3) is 5.17. The summed E-state index contributed by atoms with van der Waals surface area (Å²) >= 11 is 6.04. The van der Waals surface area contributed by atoms with Crippen LogP contribution in [0, 0.1) is 5.41 Å². The molecule has 12 heteroatoms. The molecule has 4 N–H and O–H groups in total. The molecule has 192 valence electrons. The second-order valence-corrected chi connectivity index (χ2v) is 10.5. The maximum Gasteiger partial charge on any atom is 0.270 e. The number of pyridine rings is 2. The predicted octanol–water partition coefficient (Wildman–Crippen LogP) is 3.23. The Hall–Kier alpha value is -3.86. The monoisotopic (exact) mass is 521 g/mol. The van der Waals surface area contributed by atoms with Crippen molar-refractivity contribution in [2.75, 3.05) is 0 Å². The summed E-state index contributed by atoms with van der Waals surface area (Å²) in [7, 11) is 0. The molecule has 0 bridgehead atoms. The molecule has 4 aromatic rings. The molecule has 2 atom stereocenters. The van der Waals surface area contributed by atoms with Gasteiger partial charge in [0.1, 0.15) is 29.1 Å². The number of halogens is 1. The van der Waals surface area contributed by atoms with Crippen LogP contribution in [-0.2, 0) is 11.2 Å². The van der Waals surface area contributed by atoms with Crippen molar-refractivity contribution in [3.8, 4) is 11.5 Å². The van der Waals surface area contributed by atoms with Gasteiger partial charge in [-0.25, -0.2) is 9.97 Å². The number of hydrogen-bond acceptors (Lipinski definition) is 7. The van der Waals surface area contributed by atoms with Crippen molar-refractivity contribution in [1.29, 1.82) is 0 Å². The summed E-state index contributed by atoms with van der Waals surface area (Å²) in [6.45, 7) is 3.64. The minimum atomic E-state index is -0.791. The van der Waals surface area contributed by atoms with Gasteiger partial charge in [-0.15, -0.1) is 0 Å². The summed E-state index contributed by atoms with van der Waals surface area (Å²) in [4.78, 5) is 42.7. The number of rotatable bonds is 7. The van der Waals surface area contributed by atoms with Gasteiger partial charge in [-0.05, 0) is 43.9 Å². The van der Waals surface area contributed by atoms with Crippen LogP contribution < -0.4 is 11.1 Å². The Labute approximate surface area is 218 Å². The summed E-state index contributed by atoms with van der Waals surface area (Å²) in [5.41, 5.74) is 7.43. The number of aromatic amines is 1. The molecule has 4 heterocycles. The summed E-state index contributed by atoms with van der Waals surface area (Å²) in [5, 5.41) is 10.4. The van der Waals surface area contributed by atoms with Gasteiger partial charge in [0.15, 0.2) is 5.82 Å². The molecule has 1 saturated carbocycles. The van der Waals surface area contributed by atoms with E-state index in [0.717, 1.165) is 30.6 Å². The number of nitrogens with one attached hydrogen (secondary N) is 2. The van der Waals surface area contributed by atoms with Crippen LogP contribution in [0.3, 0.4) is 0 Å². The Morgan fingerprint density at radius 2 is 2.08 bits per heavy atom. The van der Waals surface area contributed by atoms with Crippen molar-refractivity contribution in [1.82, 2.24) is 40.0 Å². The van der Waals surface area contributed by atoms with Crippen LogP contribution in [-0.4, -0.2) is 52.6 Å². The molecule has 0 unspecified atom stereocenters. The summed E-state index contributed by atoms with van der Waals surface area (Å²) in [6, 6.07) is 5.11. The molecular formula is C25H28ClN9O2. The molecule has 1 fully saturated rings. The van der Waals surface area contributed by atoms with Crippen LogP contribution in [0.15, 0.2) is 36.9 Å². The van der Waals surface area contributed by atoms with Crippen molar-refractivity contribution < 1.29 is 9.59 Å². The van der Waals surface area contributed by atoms with Crippen LogP contribution in [0.1, 0.15) is 61.9 Å². The van der Waals surface area contributed by atoms with Gasteiger partial charge in [-0.1, -0.05) is 25.4 Å². The Kier molecular flexibility index (Phi) is 6.63. The zero-order chi connectivity index (χ0) is 26.2. The highest BCUT2D eigenvalue weighted by Gasteiger charge is 2.32. The fourth-order valence-corrected chi connectivity index (χ4v) is 5.00. The lowest BCUT2D eigenvalue weighted by atomic mass is 9.87. The highest BCUT2D eigenvalue weighted by Crippen LogP contribution is 2.35. The maximum atomic E-state index is 12.8. The van der Waals surface area contributed by atoms with E-state index in [-0.39, 0.29) is 23.7 Å². The topological polar surface area (TPSA) is 157 Å². The fraction of sp³-hybridized carbons (Fsp3) is 0.400. The van der Waals surface area contributed by atoms with Crippen molar-refractivity contribution in [3.05, 3.63) is 53.5 Å². The summed E-state index contributed by atoms with van der Waals surface area (Å²) < 4.78 is 2.18. The number of primary amides is 1. The average Bonchev–Trinajstić information content (AvgIpc) is 3.51. The maximum absolute atomic E-state index is 12.8. The van der Waals surface area contributed by atoms with Crippen LogP contribution in [0.2, 0.25) is 5.02 Å². The van der Waals surface area contributed by atoms with Crippen molar-refractivity contribution in [2.45, 2.75) is 58.0 Å². The first-order valence-corrected chi connectivity index (χ1v) is 12.5. The van der Waals surface area contributed by atoms with Crippen LogP contribution in [0.5, 0.6) is 0 Å². The van der Waals surface area contributed by atoms with Gasteiger partial charge in [0.2, 0.25) is 5.91 Å². The number of fused-ring (bicyclic) bond motifs is 1. The van der Waals surface area contributed by atoms with E-state index in [9.17, 15) is 9.59 Å². The molecule has 37 heavy (non-hydrogen) atoms. The average molecular weight is 522 g/mol. The molecule has 0 radical (unpaired) electrons. The van der Waals surface area contributed by atoms with Gasteiger partial charge < -0.3 is 15.6 Å². The van der Waals surface area contributed by atoms with E-state index in [0.29, 0.717) is 34.9 Å². The number of aromatic nitrogens is 7. The Morgan fingerprint density at radius 3 is 2.81 bits per heavy atom. The first kappa shape index (κ1) is 24.8. The number of amides is 2. The lowest BCUT2D eigenvalue weighted by molar-refractivity contribution is -0.126. The fourth-order valence-electron chi connectivity index (χ4n) is 4.84. The molecule has 5 rings (SSSR count). The van der Waals surface area contributed by atoms with E-state index in [1.54, 1.807) is 18.3 Å². The van der Waals surface area contributed by atoms with Gasteiger partial charge in [-0.3, -0.25) is 24.7 Å². The standard InChI is InChI=1S/C25H28ClN9O2/c1-25(2,24(27)37)11-21-33-19-12-29-17(22-30-13-31-34-22)10-20(19)35(21)16-5-3-4-15(9-16)32-23(36)18-8-14(26)6-7-28-18/h6-8,10,12-13,15-16H,3-5,9,11H2,1-2H3,(H2,27,37)(H,32,36)(H,30,31,34)/t15-,16+/m0/s1. The lowest BCUT2D eigenvalue weighted by Gasteiger charge is -2.32. The third-order valence-electron chi connectivity index (χ3n) is 6.88. The molecule has 4 aromatic heterocycles. The first-order chi connectivity index (χ1) is 17.7. The second-order valence-electron chi connectivity index (χ2n) is 10.1. The summed E-state index contributed by atoms with van der Waals surface area (Å²) in [5.74, 6) is 0.658. The van der Waals surface area contributed by atoms with Crippen molar-refractivity contribution in [3.63, 3.8) is 0 Å². The summed E-state index contributed by atoms with van der Waals surface area (Å²) in [6.07, 6.45) is 8.39. The molecule has 1 aliphatic rings. The molecule has 0 spiro atoms. The number of hydrogen-bond donors (Lipinski definition) is 3. The van der Waals surface area contributed by atoms with E-state index in [1.165, 1.54) is 12.5 Å². The van der Waals surface area contributed by atoms with Crippen LogP contribution in [0.4, 0.5) is 0 Å². The van der Waals surface area contributed by atoms with Gasteiger partial charge in [0, 0.05) is 29.7 Å². The molecule has 0 aliphatic heterocycles. The second kappa shape index (κ2) is 9.89. The quantitative estimate of drug-likeness (QED) is 0.337. The number of carbonyl (C=O) groups excluding carboxylic acids is 2. The Balaban J connectivity index is 1.49. The molecule has 0 aromatic carbocycles. The van der Waals surface area contributed by atoms with Gasteiger partial charge in [-0.2, -0.15) is 5.10 Å². The minimum Gasteiger partial charge on any atom is -0.369 e. The highest BCUT2D eigenvalue weighted by molar-refractivity contribution is 6.30. The smallest absolute Gasteiger partial charge is 0.270 e. The van der Waals surface area contributed by atoms with Crippen molar-refractivity contribution in [2.24, 2.45) is 11.1 Å². The van der Waals surface area contributed by atoms with E-state index >= 15 is 0 Å². The lowest BCUT2D eigenvalue weighted by Crippen LogP contribution is -2.40. The molecule has 1 aliphatic carbocycles. The number of H-pyrrole nitrogens is 1. The molecule has 2 amide bonds. The number of imidazole rings is 1. The zero-order valence-electron chi connectivity index (χ0n) is 20.6. The van der Waals surface area contributed by atoms with Crippen molar-refractivity contribution >= 4 is 34.4 Å². The Morgan fingerprint density at radius 1 is 1.24 bits per heavy atom. The zero-order valence-corrected chi connectivity index (χ0v) is 21.4. The number of carbonyl (C=O) groups is 2. The third-order valence-corrected chi connectivity index (χ3v) is 7.11. The van der Waals surface area contributed by atoms with E-state index < -0.39 is 11.3 Å². The first-order valence-electron chi connectivity index (χ1n) is 12.2. The molecule has 11 nitrogen and oxygen atoms in total. The Bertz CT molecular complexity index is 1450. The van der Waals surface area contributed by atoms with E-state index in [2.05, 4.69) is 35.0 Å². The molecule has 0 saturated heterocycles. The van der Waals surface area contributed by atoms with Gasteiger partial charge >= 0.3 is 0 Å². The largest absolute Gasteiger partial charge is 0.369 e. The number of nitrogens with zero attached hydrogens (tertiary/aromatic N) is 6. The minimum absolute atomic E-state index is 0.0417. The van der Waals surface area contributed by atoms with Crippen LogP contribution in [0.25, 0.3) is 22.6 Å². The van der Waals surface area contributed by atoms with Gasteiger partial charge in [0.05, 0.1) is 17.1 Å². The predicted molar refractivity (Wildman–Crippen MR) is 138 cm³/mol. The van der Waals surface area contributed by atoms with Gasteiger partial charge in [0.25, 0.3) is 5.91 Å². The number of nitrogens with two attached hydrogens (primary N) is 1. The highest BCUT2D eigenvalue weighted by atomic mass is 35.5. The van der Waals surface area contributed by atoms with E-state index in [1.807, 2.05) is 19.9 Å². The molecular weight excluding hydrogens is 494 g/mol. The van der Waals surface area contributed by atoms with Crippen LogP contribution >= 0.6 is 11.6 Å². The van der Waals surface area contributed by atoms with E-state index in [4.69, 9.17) is 22.3 Å². The normalized spacial score (nSPS) is 18.1. The SMILES string of the molecule is CC(C)(Cc1nc2cnc(-c3ncn[nH]3)cc2n1[C@@H]1CCC[C@H](NC(=O)c2cc(Cl)ccn2)C1)C(N)=O.